The Morgan fingerprint density at radius 2 is 0.929 bits per heavy atom. The molecule has 0 radical (unpaired) electrons. The first-order chi connectivity index (χ1) is 20.4. The van der Waals surface area contributed by atoms with E-state index in [1.807, 2.05) is 60.7 Å². The first kappa shape index (κ1) is 25.0. The fourth-order valence-corrected chi connectivity index (χ4v) is 5.24. The van der Waals surface area contributed by atoms with Crippen LogP contribution in [0.5, 0.6) is 0 Å². The SMILES string of the molecule is O=C(O)c1ccc(-c2c3nc(cc4ccc([nH]4)c(-c4ccc(C(=O)O)cc4)c4nc(cc5ccc2[nH]5)C=C4)C=C3)cc1. The van der Waals surface area contributed by atoms with Crippen molar-refractivity contribution in [1.82, 2.24) is 19.9 Å². The summed E-state index contributed by atoms with van der Waals surface area (Å²) in [5.41, 5.74) is 10.2. The van der Waals surface area contributed by atoms with Gasteiger partial charge in [-0.25, -0.2) is 19.6 Å². The van der Waals surface area contributed by atoms with Crippen LogP contribution in [0.4, 0.5) is 0 Å². The standard InChI is InChI=1S/C34H22N4O4/c39-33(40)21-5-1-19(2-6-21)31-27-13-9-23(35-27)17-25-11-15-29(37-25)32(20-3-7-22(8-4-20)34(41)42)30-16-12-26(38-30)18-24-10-14-28(31)36-24/h1-18,35,38H,(H,39,40)(H,41,42). The highest BCUT2D eigenvalue weighted by Gasteiger charge is 2.14. The van der Waals surface area contributed by atoms with Crippen molar-refractivity contribution in [3.05, 3.63) is 119 Å². The molecule has 0 fully saturated rings. The predicted molar refractivity (Wildman–Crippen MR) is 164 cm³/mol. The zero-order valence-electron chi connectivity index (χ0n) is 22.0. The van der Waals surface area contributed by atoms with Gasteiger partial charge in [0.2, 0.25) is 0 Å². The second-order valence-corrected chi connectivity index (χ2v) is 9.97. The molecule has 7 rings (SSSR count). The smallest absolute Gasteiger partial charge is 0.335 e. The quantitative estimate of drug-likeness (QED) is 0.181. The average molecular weight is 551 g/mol. The lowest BCUT2D eigenvalue weighted by Crippen LogP contribution is -1.95. The fraction of sp³-hybridized carbons (Fsp3) is 0. The normalized spacial score (nSPS) is 12.0. The van der Waals surface area contributed by atoms with Crippen LogP contribution >= 0.6 is 0 Å². The zero-order chi connectivity index (χ0) is 28.8. The first-order valence-corrected chi connectivity index (χ1v) is 13.2. The third kappa shape index (κ3) is 4.56. The molecule has 0 amide bonds. The molecule has 0 aliphatic carbocycles. The van der Waals surface area contributed by atoms with E-state index < -0.39 is 11.9 Å². The van der Waals surface area contributed by atoms with E-state index in [0.29, 0.717) is 0 Å². The number of carbonyl (C=O) groups is 2. The van der Waals surface area contributed by atoms with E-state index in [1.165, 1.54) is 0 Å². The summed E-state index contributed by atoms with van der Waals surface area (Å²) in [7, 11) is 0. The third-order valence-electron chi connectivity index (χ3n) is 7.24. The molecule has 3 aromatic heterocycles. The van der Waals surface area contributed by atoms with Crippen molar-refractivity contribution in [1.29, 1.82) is 0 Å². The van der Waals surface area contributed by atoms with Crippen molar-refractivity contribution >= 4 is 58.3 Å². The molecule has 0 saturated heterocycles. The Kier molecular flexibility index (Phi) is 5.87. The number of aromatic amines is 2. The summed E-state index contributed by atoms with van der Waals surface area (Å²) in [4.78, 5) is 39.6. The van der Waals surface area contributed by atoms with Gasteiger partial charge in [-0.1, -0.05) is 24.3 Å². The summed E-state index contributed by atoms with van der Waals surface area (Å²) >= 11 is 0. The van der Waals surface area contributed by atoms with Gasteiger partial charge in [0.1, 0.15) is 0 Å². The van der Waals surface area contributed by atoms with Crippen LogP contribution in [0, 0.1) is 0 Å². The topological polar surface area (TPSA) is 132 Å². The van der Waals surface area contributed by atoms with E-state index in [2.05, 4.69) is 9.97 Å². The minimum atomic E-state index is -0.978. The van der Waals surface area contributed by atoms with E-state index in [0.717, 1.165) is 67.1 Å². The number of benzene rings is 2. The van der Waals surface area contributed by atoms with Gasteiger partial charge in [-0.05, 0) is 96.1 Å². The Labute approximate surface area is 239 Å². The third-order valence-corrected chi connectivity index (χ3v) is 7.24. The lowest BCUT2D eigenvalue weighted by molar-refractivity contribution is 0.0686. The van der Waals surface area contributed by atoms with E-state index in [-0.39, 0.29) is 11.1 Å². The van der Waals surface area contributed by atoms with Crippen LogP contribution in [0.3, 0.4) is 0 Å². The van der Waals surface area contributed by atoms with Crippen molar-refractivity contribution in [2.45, 2.75) is 0 Å². The van der Waals surface area contributed by atoms with Gasteiger partial charge in [0.15, 0.2) is 0 Å². The highest BCUT2D eigenvalue weighted by molar-refractivity contribution is 5.95. The number of H-pyrrole nitrogens is 2. The Balaban J connectivity index is 1.50. The first-order valence-electron chi connectivity index (χ1n) is 13.2. The minimum absolute atomic E-state index is 0.215. The lowest BCUT2D eigenvalue weighted by Gasteiger charge is -2.05. The van der Waals surface area contributed by atoms with Gasteiger partial charge in [0.05, 0.1) is 33.9 Å². The molecular formula is C34H22N4O4. The van der Waals surface area contributed by atoms with Crippen molar-refractivity contribution in [3.63, 3.8) is 0 Å². The number of carboxylic acids is 2. The summed E-state index contributed by atoms with van der Waals surface area (Å²) in [6.45, 7) is 0. The number of nitrogens with zero attached hydrogens (tertiary/aromatic N) is 2. The Hall–Kier alpha value is -6.02. The van der Waals surface area contributed by atoms with Gasteiger partial charge in [-0.3, -0.25) is 0 Å². The summed E-state index contributed by atoms with van der Waals surface area (Å²) in [6, 6.07) is 25.3. The van der Waals surface area contributed by atoms with E-state index in [4.69, 9.17) is 9.97 Å². The van der Waals surface area contributed by atoms with Crippen molar-refractivity contribution in [2.24, 2.45) is 0 Å². The number of carboxylic acid groups (broad SMARTS) is 2. The molecule has 5 aromatic rings. The molecule has 0 unspecified atom stereocenters. The van der Waals surface area contributed by atoms with E-state index in [1.54, 1.807) is 48.5 Å². The monoisotopic (exact) mass is 550 g/mol. The molecule has 4 N–H and O–H groups in total. The molecule has 202 valence electrons. The van der Waals surface area contributed by atoms with Crippen LogP contribution in [-0.4, -0.2) is 42.1 Å². The minimum Gasteiger partial charge on any atom is -0.478 e. The van der Waals surface area contributed by atoms with Crippen molar-refractivity contribution in [2.75, 3.05) is 0 Å². The molecular weight excluding hydrogens is 528 g/mol. The maximum Gasteiger partial charge on any atom is 0.335 e. The second kappa shape index (κ2) is 9.87. The predicted octanol–water partition coefficient (Wildman–Crippen LogP) is 7.39. The van der Waals surface area contributed by atoms with Gasteiger partial charge in [0, 0.05) is 33.2 Å². The van der Waals surface area contributed by atoms with Gasteiger partial charge in [-0.15, -0.1) is 0 Å². The molecule has 5 heterocycles. The fourth-order valence-electron chi connectivity index (χ4n) is 5.24. The maximum absolute atomic E-state index is 11.4. The molecule has 0 saturated carbocycles. The van der Waals surface area contributed by atoms with Crippen LogP contribution in [0.1, 0.15) is 43.5 Å². The molecule has 2 aliphatic heterocycles. The number of rotatable bonds is 4. The number of aromatic nitrogens is 4. The molecule has 8 heteroatoms. The van der Waals surface area contributed by atoms with Crippen LogP contribution in [0.15, 0.2) is 84.9 Å². The Bertz CT molecular complexity index is 1980. The van der Waals surface area contributed by atoms with Crippen LogP contribution in [-0.2, 0) is 0 Å². The van der Waals surface area contributed by atoms with Crippen LogP contribution < -0.4 is 0 Å². The zero-order valence-corrected chi connectivity index (χ0v) is 22.0. The van der Waals surface area contributed by atoms with Gasteiger partial charge < -0.3 is 20.2 Å². The van der Waals surface area contributed by atoms with Gasteiger partial charge >= 0.3 is 11.9 Å². The molecule has 0 atom stereocenters. The van der Waals surface area contributed by atoms with Crippen molar-refractivity contribution < 1.29 is 19.8 Å². The molecule has 2 aliphatic rings. The molecule has 0 spiro atoms. The number of nitrogens with one attached hydrogen (secondary N) is 2. The summed E-state index contributed by atoms with van der Waals surface area (Å²) in [6.07, 6.45) is 7.78. The van der Waals surface area contributed by atoms with Crippen LogP contribution in [0.25, 0.3) is 68.6 Å². The van der Waals surface area contributed by atoms with E-state index in [9.17, 15) is 19.8 Å². The van der Waals surface area contributed by atoms with Gasteiger partial charge in [-0.2, -0.15) is 0 Å². The maximum atomic E-state index is 11.4. The molecule has 42 heavy (non-hydrogen) atoms. The lowest BCUT2D eigenvalue weighted by atomic mass is 10.0. The summed E-state index contributed by atoms with van der Waals surface area (Å²) in [5, 5.41) is 18.7. The number of hydrogen-bond donors (Lipinski definition) is 4. The summed E-state index contributed by atoms with van der Waals surface area (Å²) in [5.74, 6) is -1.96. The van der Waals surface area contributed by atoms with Crippen molar-refractivity contribution in [3.8, 4) is 22.3 Å². The number of hydrogen-bond acceptors (Lipinski definition) is 4. The molecule has 8 nitrogen and oxygen atoms in total. The molecule has 8 bridgehead atoms. The Morgan fingerprint density at radius 3 is 1.31 bits per heavy atom. The summed E-state index contributed by atoms with van der Waals surface area (Å²) < 4.78 is 0. The van der Waals surface area contributed by atoms with Gasteiger partial charge in [0.25, 0.3) is 0 Å². The van der Waals surface area contributed by atoms with Crippen LogP contribution in [0.2, 0.25) is 0 Å². The van der Waals surface area contributed by atoms with E-state index >= 15 is 0 Å². The largest absolute Gasteiger partial charge is 0.478 e. The molecule has 2 aromatic carbocycles. The second-order valence-electron chi connectivity index (χ2n) is 9.97. The number of aromatic carboxylic acids is 2. The number of fused-ring (bicyclic) bond motifs is 8. The average Bonchev–Trinajstić information content (AvgIpc) is 3.80. The highest BCUT2D eigenvalue weighted by atomic mass is 16.4. The highest BCUT2D eigenvalue weighted by Crippen LogP contribution is 2.32. The Morgan fingerprint density at radius 1 is 0.524 bits per heavy atom.